The molecule has 5 aliphatic heterocycles. The van der Waals surface area contributed by atoms with Gasteiger partial charge in [0, 0.05) is 42.1 Å². The maximum atomic E-state index is 14.1. The van der Waals surface area contributed by atoms with Crippen molar-refractivity contribution in [2.75, 3.05) is 6.61 Å². The molecule has 11 atom stereocenters. The van der Waals surface area contributed by atoms with Crippen LogP contribution >= 0.6 is 0 Å². The third-order valence-electron chi connectivity index (χ3n) is 16.5. The number of allylic oxidation sites excluding steroid dienone is 1. The van der Waals surface area contributed by atoms with Crippen LogP contribution < -0.4 is 45.8 Å². The zero-order valence-corrected chi connectivity index (χ0v) is 41.9. The molecule has 12 rings (SSSR count). The first kappa shape index (κ1) is 48.8. The molecule has 2 fully saturated rings. The summed E-state index contributed by atoms with van der Waals surface area (Å²) in [5, 5.41) is 32.6. The minimum absolute atomic E-state index is 0. The molecule has 352 valence electrons. The number of hydrogen-bond acceptors (Lipinski definition) is 9. The molecule has 0 radical (unpaired) electrons. The standard InChI is InChI=1S/C55H63N3O8S.Na/c1-33-12-13-37-27-44-19-21-45(37)47(33)30-50(67(62,63)64)48-28-40-25-39(29-49-38(32-59)11-7-10-36-26-43(60)18-20-46(36)52(40)65-49)51(48)35-14-16-41(17-15-35)55(66-44,58-53(56)57)31-42(54(61)22-5-6-23-54)24-34-8-3-2-4-9-34;/h2-4,8-9,14-21,26-28,33,38-39,42,47-52,59-61H,5-6,11-13,22-25,29-32H2,1H3,(H4,56,57,58)(H,62,63,64);/q;+1/p-1. The third kappa shape index (κ3) is 9.55. The average Bonchev–Trinajstić information content (AvgIpc) is 3.71. The minimum Gasteiger partial charge on any atom is -0.748 e. The Hall–Kier alpha value is -4.16. The fourth-order valence-corrected chi connectivity index (χ4v) is 14.2. The van der Waals surface area contributed by atoms with E-state index in [-0.39, 0.29) is 90.3 Å². The number of fused-ring (bicyclic) bond motifs is 9. The van der Waals surface area contributed by atoms with Gasteiger partial charge in [0.1, 0.15) is 17.6 Å². The van der Waals surface area contributed by atoms with Crippen molar-refractivity contribution in [2.45, 2.75) is 125 Å². The van der Waals surface area contributed by atoms with E-state index < -0.39 is 50.7 Å². The predicted octanol–water partition coefficient (Wildman–Crippen LogP) is 4.98. The predicted molar refractivity (Wildman–Crippen MR) is 256 cm³/mol. The summed E-state index contributed by atoms with van der Waals surface area (Å²) in [6.07, 6.45) is 7.98. The van der Waals surface area contributed by atoms with E-state index in [9.17, 15) is 28.3 Å². The second-order valence-corrected chi connectivity index (χ2v) is 22.1. The van der Waals surface area contributed by atoms with Gasteiger partial charge in [-0.1, -0.05) is 104 Å². The molecular weight excluding hydrogens is 886 g/mol. The molecule has 4 aromatic carbocycles. The van der Waals surface area contributed by atoms with Gasteiger partial charge in [0.25, 0.3) is 0 Å². The number of ether oxygens (including phenoxy) is 2. The molecule has 0 aromatic heterocycles. The molecule has 5 heterocycles. The molecule has 0 amide bonds. The molecule has 3 aliphatic carbocycles. The van der Waals surface area contributed by atoms with Crippen LogP contribution in [0, 0.1) is 41.4 Å². The van der Waals surface area contributed by atoms with Crippen LogP contribution in [-0.4, -0.2) is 57.8 Å². The van der Waals surface area contributed by atoms with E-state index in [1.165, 1.54) is 0 Å². The Bertz CT molecular complexity index is 2730. The number of rotatable bonds is 8. The molecule has 10 bridgehead atoms. The van der Waals surface area contributed by atoms with Crippen LogP contribution in [0.1, 0.15) is 128 Å². The van der Waals surface area contributed by atoms with Crippen molar-refractivity contribution in [3.63, 3.8) is 0 Å². The van der Waals surface area contributed by atoms with Gasteiger partial charge in [-0.15, -0.1) is 0 Å². The first-order chi connectivity index (χ1) is 32.2. The summed E-state index contributed by atoms with van der Waals surface area (Å²) in [5.74, 6) is 4.79. The van der Waals surface area contributed by atoms with Gasteiger partial charge in [-0.05, 0) is 139 Å². The van der Waals surface area contributed by atoms with Crippen molar-refractivity contribution in [1.82, 2.24) is 0 Å². The number of aliphatic hydroxyl groups is 2. The fraction of sp³-hybridized carbons (Fsp3) is 0.473. The number of aryl methyl sites for hydroxylation is 1. The first-order valence-corrected chi connectivity index (χ1v) is 25.7. The number of guanidine groups is 1. The van der Waals surface area contributed by atoms with Crippen molar-refractivity contribution >= 4 is 16.1 Å². The van der Waals surface area contributed by atoms with Crippen LogP contribution in [-0.2, 0) is 33.4 Å². The molecule has 0 spiro atoms. The van der Waals surface area contributed by atoms with E-state index in [4.69, 9.17) is 25.9 Å². The maximum absolute atomic E-state index is 14.1. The fourth-order valence-electron chi connectivity index (χ4n) is 13.1. The van der Waals surface area contributed by atoms with E-state index >= 15 is 0 Å². The summed E-state index contributed by atoms with van der Waals surface area (Å²) in [6.45, 7) is 1.99. The zero-order valence-electron chi connectivity index (χ0n) is 39.1. The van der Waals surface area contributed by atoms with Crippen LogP contribution in [0.2, 0.25) is 0 Å². The summed E-state index contributed by atoms with van der Waals surface area (Å²) < 4.78 is 56.7. The molecule has 68 heavy (non-hydrogen) atoms. The molecule has 4 aromatic rings. The molecule has 7 N–H and O–H groups in total. The van der Waals surface area contributed by atoms with E-state index in [1.807, 2.05) is 72.8 Å². The number of phenols is 1. The molecule has 11 nitrogen and oxygen atoms in total. The Kier molecular flexibility index (Phi) is 14.1. The van der Waals surface area contributed by atoms with Crippen molar-refractivity contribution in [3.05, 3.63) is 142 Å². The Morgan fingerprint density at radius 1 is 0.985 bits per heavy atom. The SMILES string of the molecule is CC1CCc2cc3ccc2C1CC(S(=O)(=O)[O-])C1C=C2CC(CC4OC2c2ccc(O)cc2C#CCC4CO)C1c1ccc(cc1)C(CC(Cc1ccccc1)C1(O)CCCC1)(N=C(N)N)O3.[Na+]. The average molecular weight is 948 g/mol. The second-order valence-electron chi connectivity index (χ2n) is 20.5. The number of nitrogens with two attached hydrogens (primary N) is 2. The van der Waals surface area contributed by atoms with Crippen LogP contribution in [0.3, 0.4) is 0 Å². The Morgan fingerprint density at radius 3 is 2.46 bits per heavy atom. The molecule has 1 saturated carbocycles. The Balaban J connectivity index is 0.00000578. The summed E-state index contributed by atoms with van der Waals surface area (Å²) >= 11 is 0. The number of aliphatic hydroxyl groups excluding tert-OH is 1. The smallest absolute Gasteiger partial charge is 0.748 e. The number of benzene rings is 4. The van der Waals surface area contributed by atoms with Crippen LogP contribution in [0.5, 0.6) is 11.5 Å². The van der Waals surface area contributed by atoms with Crippen LogP contribution in [0.4, 0.5) is 0 Å². The van der Waals surface area contributed by atoms with Crippen molar-refractivity contribution in [2.24, 2.45) is 46.0 Å². The summed E-state index contributed by atoms with van der Waals surface area (Å²) in [6, 6.07) is 29.2. The minimum atomic E-state index is -4.91. The largest absolute Gasteiger partial charge is 1.00 e. The van der Waals surface area contributed by atoms with Gasteiger partial charge in [0.05, 0.1) is 27.1 Å². The number of nitrogens with zero attached hydrogens (tertiary/aromatic N) is 1. The van der Waals surface area contributed by atoms with Gasteiger partial charge < -0.3 is 40.8 Å². The molecule has 8 aliphatic rings. The van der Waals surface area contributed by atoms with Crippen molar-refractivity contribution in [1.29, 1.82) is 0 Å². The van der Waals surface area contributed by atoms with Gasteiger partial charge >= 0.3 is 29.6 Å². The molecule has 11 unspecified atom stereocenters. The molecular formula is C55H62N3NaO8S. The summed E-state index contributed by atoms with van der Waals surface area (Å²) in [5.41, 5.74) is 17.2. The number of phenolic OH excluding ortho intramolecular Hbond substituents is 1. The van der Waals surface area contributed by atoms with Gasteiger partial charge in [0.2, 0.25) is 5.72 Å². The van der Waals surface area contributed by atoms with E-state index in [0.29, 0.717) is 55.4 Å². The first-order valence-electron chi connectivity index (χ1n) is 24.2. The Morgan fingerprint density at radius 2 is 1.74 bits per heavy atom. The van der Waals surface area contributed by atoms with Gasteiger partial charge in [-0.25, -0.2) is 13.4 Å². The topological polar surface area (TPSA) is 201 Å². The zero-order chi connectivity index (χ0) is 46.7. The van der Waals surface area contributed by atoms with Crippen LogP contribution in [0.15, 0.2) is 108 Å². The monoisotopic (exact) mass is 947 g/mol. The van der Waals surface area contributed by atoms with Crippen molar-refractivity contribution in [3.8, 4) is 23.3 Å². The van der Waals surface area contributed by atoms with Crippen molar-refractivity contribution < 1.29 is 67.3 Å². The normalized spacial score (nSPS) is 30.5. The van der Waals surface area contributed by atoms with E-state index in [2.05, 4.69) is 30.9 Å². The third-order valence-corrected chi connectivity index (χ3v) is 17.7. The Labute approximate surface area is 422 Å². The van der Waals surface area contributed by atoms with Gasteiger partial charge in [0.15, 0.2) is 5.96 Å². The van der Waals surface area contributed by atoms with E-state index in [0.717, 1.165) is 59.1 Å². The number of hydrogen-bond donors (Lipinski definition) is 5. The van der Waals surface area contributed by atoms with E-state index in [1.54, 1.807) is 12.1 Å². The maximum Gasteiger partial charge on any atom is 1.00 e. The van der Waals surface area contributed by atoms with Gasteiger partial charge in [-0.2, -0.15) is 0 Å². The quantitative estimate of drug-likeness (QED) is 0.0401. The van der Waals surface area contributed by atoms with Gasteiger partial charge in [-0.3, -0.25) is 0 Å². The summed E-state index contributed by atoms with van der Waals surface area (Å²) in [7, 11) is -4.91. The number of aromatic hydroxyl groups is 1. The molecule has 13 heteroatoms. The summed E-state index contributed by atoms with van der Waals surface area (Å²) in [4.78, 5) is 5.02. The second kappa shape index (κ2) is 19.6. The van der Waals surface area contributed by atoms with Crippen LogP contribution in [0.25, 0.3) is 0 Å². The molecule has 1 saturated heterocycles. The number of aliphatic imine (C=N–C) groups is 1.